The van der Waals surface area contributed by atoms with Crippen molar-refractivity contribution < 1.29 is 56.9 Å². The maximum absolute atomic E-state index is 11.7. The fraction of sp³-hybridized carbons (Fsp3) is 0.906. The van der Waals surface area contributed by atoms with E-state index in [-0.39, 0.29) is 12.6 Å². The molecule has 0 aliphatic rings. The van der Waals surface area contributed by atoms with E-state index in [1.54, 1.807) is 0 Å². The molecule has 12 heteroatoms. The Morgan fingerprint density at radius 1 is 0.432 bits per heavy atom. The fourth-order valence-corrected chi connectivity index (χ4v) is 3.56. The molecule has 0 aliphatic heterocycles. The van der Waals surface area contributed by atoms with Gasteiger partial charge in [0.2, 0.25) is 0 Å². The minimum absolute atomic E-state index is 0.140. The summed E-state index contributed by atoms with van der Waals surface area (Å²) >= 11 is 0. The monoisotopic (exact) mass is 638 g/mol. The Morgan fingerprint density at radius 3 is 1.07 bits per heavy atom. The lowest BCUT2D eigenvalue weighted by molar-refractivity contribution is -0.145. The number of carbonyl (C=O) groups is 1. The highest BCUT2D eigenvalue weighted by atomic mass is 16.6. The first-order chi connectivity index (χ1) is 21.8. The zero-order valence-electron chi connectivity index (χ0n) is 27.5. The number of unbranched alkanes of at least 4 members (excludes halogenated alkanes) is 6. The predicted octanol–water partition coefficient (Wildman–Crippen LogP) is 3.98. The summed E-state index contributed by atoms with van der Waals surface area (Å²) in [7, 11) is 0. The Balaban J connectivity index is 3.10. The normalized spacial score (nSPS) is 11.2. The molecule has 0 amide bonds. The van der Waals surface area contributed by atoms with Crippen molar-refractivity contribution in [1.29, 1.82) is 0 Å². The molecule has 0 saturated carbocycles. The van der Waals surface area contributed by atoms with Crippen molar-refractivity contribution in [3.8, 4) is 0 Å². The predicted molar refractivity (Wildman–Crippen MR) is 167 cm³/mol. The van der Waals surface area contributed by atoms with Crippen molar-refractivity contribution in [3.05, 3.63) is 12.8 Å². The van der Waals surface area contributed by atoms with E-state index in [0.717, 1.165) is 12.8 Å². The van der Waals surface area contributed by atoms with Gasteiger partial charge in [0.1, 0.15) is 13.2 Å². The first-order valence-electron chi connectivity index (χ1n) is 16.4. The van der Waals surface area contributed by atoms with Crippen LogP contribution >= 0.6 is 0 Å². The Labute approximate surface area is 266 Å². The molecule has 0 radical (unpaired) electrons. The van der Waals surface area contributed by atoms with Gasteiger partial charge in [-0.1, -0.05) is 52.0 Å². The third kappa shape index (κ3) is 38.7. The maximum Gasteiger partial charge on any atom is 0.305 e. The second kappa shape index (κ2) is 39.7. The Kier molecular flexibility index (Phi) is 38.5. The molecule has 262 valence electrons. The van der Waals surface area contributed by atoms with Gasteiger partial charge in [0, 0.05) is 6.42 Å². The third-order valence-electron chi connectivity index (χ3n) is 5.91. The fourth-order valence-electron chi connectivity index (χ4n) is 3.56. The molecule has 0 aliphatic carbocycles. The van der Waals surface area contributed by atoms with Crippen molar-refractivity contribution >= 4 is 5.97 Å². The van der Waals surface area contributed by atoms with Crippen LogP contribution in [-0.4, -0.2) is 138 Å². The summed E-state index contributed by atoms with van der Waals surface area (Å²) in [5.74, 6) is -0.140. The van der Waals surface area contributed by atoms with Gasteiger partial charge in [0.15, 0.2) is 0 Å². The highest BCUT2D eigenvalue weighted by Crippen LogP contribution is 2.08. The number of carbonyl (C=O) groups excluding carboxylic acids is 1. The second-order valence-electron chi connectivity index (χ2n) is 9.64. The zero-order chi connectivity index (χ0) is 31.9. The molecular weight excluding hydrogens is 576 g/mol. The average Bonchev–Trinajstić information content (AvgIpc) is 3.03. The second-order valence-corrected chi connectivity index (χ2v) is 9.64. The molecule has 0 N–H and O–H groups in total. The van der Waals surface area contributed by atoms with Gasteiger partial charge in [0.05, 0.1) is 125 Å². The number of esters is 1. The summed E-state index contributed by atoms with van der Waals surface area (Å²) in [6.07, 6.45) is 10.2. The third-order valence-corrected chi connectivity index (χ3v) is 5.91. The summed E-state index contributed by atoms with van der Waals surface area (Å²) in [5.41, 5.74) is 0. The number of hydrogen-bond donors (Lipinski definition) is 0. The minimum Gasteiger partial charge on any atom is -0.499 e. The van der Waals surface area contributed by atoms with Crippen molar-refractivity contribution in [3.63, 3.8) is 0 Å². The van der Waals surface area contributed by atoms with E-state index in [1.165, 1.54) is 38.4 Å². The summed E-state index contributed by atoms with van der Waals surface area (Å²) in [5, 5.41) is 0. The lowest BCUT2D eigenvalue weighted by atomic mass is 10.1. The van der Waals surface area contributed by atoms with Crippen LogP contribution in [0.15, 0.2) is 12.8 Å². The van der Waals surface area contributed by atoms with Crippen molar-refractivity contribution in [2.24, 2.45) is 0 Å². The first-order valence-corrected chi connectivity index (χ1v) is 16.4. The number of rotatable bonds is 39. The van der Waals surface area contributed by atoms with Crippen molar-refractivity contribution in [1.82, 2.24) is 0 Å². The van der Waals surface area contributed by atoms with Gasteiger partial charge >= 0.3 is 5.97 Å². The van der Waals surface area contributed by atoms with E-state index in [9.17, 15) is 4.79 Å². The van der Waals surface area contributed by atoms with Gasteiger partial charge in [-0.15, -0.1) is 0 Å². The first kappa shape index (κ1) is 42.6. The lowest BCUT2D eigenvalue weighted by Crippen LogP contribution is -2.15. The van der Waals surface area contributed by atoms with Crippen molar-refractivity contribution in [2.45, 2.75) is 58.3 Å². The quantitative estimate of drug-likeness (QED) is 0.0551. The van der Waals surface area contributed by atoms with Crippen molar-refractivity contribution in [2.75, 3.05) is 132 Å². The molecule has 0 fully saturated rings. The summed E-state index contributed by atoms with van der Waals surface area (Å²) in [4.78, 5) is 11.7. The van der Waals surface area contributed by atoms with Gasteiger partial charge in [-0.05, 0) is 6.42 Å². The molecule has 0 spiro atoms. The molecule has 0 aromatic carbocycles. The largest absolute Gasteiger partial charge is 0.499 e. The minimum atomic E-state index is -0.140. The lowest BCUT2D eigenvalue weighted by Gasteiger charge is -2.09. The van der Waals surface area contributed by atoms with Gasteiger partial charge in [0.25, 0.3) is 0 Å². The van der Waals surface area contributed by atoms with Gasteiger partial charge in [-0.3, -0.25) is 4.79 Å². The molecule has 0 atom stereocenters. The smallest absolute Gasteiger partial charge is 0.305 e. The molecule has 0 saturated heterocycles. The van der Waals surface area contributed by atoms with E-state index in [1.807, 2.05) is 0 Å². The SMILES string of the molecule is C=COCCOCCOCCOCCOCCOCCOCCOCCOCCOCCOC(=O)CCCCCCCCC. The topological polar surface area (TPSA) is 119 Å². The molecule has 0 unspecified atom stereocenters. The Morgan fingerprint density at radius 2 is 0.727 bits per heavy atom. The van der Waals surface area contributed by atoms with Gasteiger partial charge < -0.3 is 52.1 Å². The zero-order valence-corrected chi connectivity index (χ0v) is 27.5. The van der Waals surface area contributed by atoms with E-state index in [4.69, 9.17) is 52.1 Å². The van der Waals surface area contributed by atoms with Crippen LogP contribution < -0.4 is 0 Å². The van der Waals surface area contributed by atoms with Gasteiger partial charge in [-0.2, -0.15) is 0 Å². The van der Waals surface area contributed by atoms with Crippen LogP contribution in [0, 0.1) is 0 Å². The standard InChI is InChI=1S/C32H62O12/c1-3-5-6-7-8-9-10-11-32(33)44-31-30-43-29-28-42-27-26-41-25-24-40-23-22-39-21-20-38-19-18-37-17-16-36-15-14-35-13-12-34-4-2/h4H,2-3,5-31H2,1H3. The highest BCUT2D eigenvalue weighted by Gasteiger charge is 2.02. The van der Waals surface area contributed by atoms with E-state index < -0.39 is 0 Å². The molecule has 0 bridgehead atoms. The summed E-state index contributed by atoms with van der Waals surface area (Å²) in [6, 6.07) is 0. The van der Waals surface area contributed by atoms with E-state index in [2.05, 4.69) is 13.5 Å². The molecule has 44 heavy (non-hydrogen) atoms. The van der Waals surface area contributed by atoms with E-state index >= 15 is 0 Å². The molecule has 0 heterocycles. The number of ether oxygens (including phenoxy) is 11. The Bertz CT molecular complexity index is 567. The Hall–Kier alpha value is -1.35. The van der Waals surface area contributed by atoms with Crippen LogP contribution in [0.1, 0.15) is 58.3 Å². The molecular formula is C32H62O12. The van der Waals surface area contributed by atoms with Crippen LogP contribution in [0.5, 0.6) is 0 Å². The van der Waals surface area contributed by atoms with Crippen LogP contribution in [-0.2, 0) is 56.9 Å². The molecule has 0 aromatic heterocycles. The highest BCUT2D eigenvalue weighted by molar-refractivity contribution is 5.69. The van der Waals surface area contributed by atoms with Gasteiger partial charge in [-0.25, -0.2) is 0 Å². The molecule has 0 rings (SSSR count). The summed E-state index contributed by atoms with van der Waals surface area (Å²) < 4.78 is 59.0. The van der Waals surface area contributed by atoms with Crippen LogP contribution in [0.3, 0.4) is 0 Å². The van der Waals surface area contributed by atoms with E-state index in [0.29, 0.717) is 132 Å². The average molecular weight is 639 g/mol. The van der Waals surface area contributed by atoms with Crippen LogP contribution in [0.2, 0.25) is 0 Å². The van der Waals surface area contributed by atoms with Crippen LogP contribution in [0.25, 0.3) is 0 Å². The molecule has 0 aromatic rings. The number of hydrogen-bond acceptors (Lipinski definition) is 12. The summed E-state index contributed by atoms with van der Waals surface area (Å²) in [6.45, 7) is 15.4. The molecule has 12 nitrogen and oxygen atoms in total. The maximum atomic E-state index is 11.7. The van der Waals surface area contributed by atoms with Crippen LogP contribution in [0.4, 0.5) is 0 Å².